The van der Waals surface area contributed by atoms with Gasteiger partial charge in [0.05, 0.1) is 0 Å². The molecule has 0 bridgehead atoms. The van der Waals surface area contributed by atoms with E-state index in [4.69, 9.17) is 9.47 Å². The van der Waals surface area contributed by atoms with Gasteiger partial charge in [-0.1, -0.05) is 152 Å². The third-order valence-corrected chi connectivity index (χ3v) is 11.2. The first kappa shape index (κ1) is 49.7. The van der Waals surface area contributed by atoms with E-state index in [2.05, 4.69) is 26.6 Å². The summed E-state index contributed by atoms with van der Waals surface area (Å²) in [6, 6.07) is 42.3. The largest absolute Gasteiger partial charge is 0.458 e. The maximum atomic E-state index is 14.7. The topological polar surface area (TPSA) is 181 Å². The van der Waals surface area contributed by atoms with Gasteiger partial charge in [-0.2, -0.15) is 0 Å². The standard InChI is InChI=1S/C53H61N5O8/c1-35(55-49(63)53(8,58-50(64)65-34-38-24-14-9-15-25-38)44(41-30-20-12-21-31-41)42-32-22-13-23-33-42)45(59)54-36(2)46(60)57-52(7,48(62)56-37(3)47(61)66-51(4,5)6)43(39-26-16-10-17-27-39)40-28-18-11-19-29-40/h9-33,35-37,43-44H,34H2,1-8H3,(H,54,59)(H,55,63)(H,56,62)(H,57,60)(H,58,64)/t35-,36-,37-,52+,53+/m1/s1. The van der Waals surface area contributed by atoms with Gasteiger partial charge in [0.15, 0.2) is 0 Å². The van der Waals surface area contributed by atoms with Crippen LogP contribution in [0.5, 0.6) is 0 Å². The van der Waals surface area contributed by atoms with E-state index in [1.165, 1.54) is 20.8 Å². The Balaban J connectivity index is 1.40. The second kappa shape index (κ2) is 22.1. The smallest absolute Gasteiger partial charge is 0.408 e. The molecule has 0 heterocycles. The highest BCUT2D eigenvalue weighted by atomic mass is 16.6. The van der Waals surface area contributed by atoms with Gasteiger partial charge >= 0.3 is 12.1 Å². The fraction of sp³-hybridized carbons (Fsp3) is 0.321. The molecule has 0 aliphatic carbocycles. The van der Waals surface area contributed by atoms with Crippen molar-refractivity contribution in [1.29, 1.82) is 0 Å². The van der Waals surface area contributed by atoms with Crippen molar-refractivity contribution in [3.63, 3.8) is 0 Å². The summed E-state index contributed by atoms with van der Waals surface area (Å²) in [6.45, 7) is 12.7. The summed E-state index contributed by atoms with van der Waals surface area (Å²) in [6.07, 6.45) is -0.854. The van der Waals surface area contributed by atoms with Crippen LogP contribution in [0.3, 0.4) is 0 Å². The van der Waals surface area contributed by atoms with Crippen molar-refractivity contribution in [3.8, 4) is 0 Å². The number of hydrogen-bond donors (Lipinski definition) is 5. The number of amides is 5. The van der Waals surface area contributed by atoms with Crippen LogP contribution >= 0.6 is 0 Å². The Labute approximate surface area is 387 Å². The van der Waals surface area contributed by atoms with Gasteiger partial charge in [0, 0.05) is 11.8 Å². The number of carbonyl (C=O) groups is 6. The molecule has 5 aromatic carbocycles. The number of benzene rings is 5. The summed E-state index contributed by atoms with van der Waals surface area (Å²) in [4.78, 5) is 84.2. The molecule has 0 aromatic heterocycles. The highest BCUT2D eigenvalue weighted by Crippen LogP contribution is 2.37. The Bertz CT molecular complexity index is 2340. The van der Waals surface area contributed by atoms with E-state index in [9.17, 15) is 28.8 Å². The zero-order chi connectivity index (χ0) is 48.1. The number of nitrogens with one attached hydrogen (secondary N) is 5. The van der Waals surface area contributed by atoms with Crippen molar-refractivity contribution in [2.45, 2.75) is 109 Å². The van der Waals surface area contributed by atoms with Gasteiger partial charge in [-0.3, -0.25) is 19.2 Å². The van der Waals surface area contributed by atoms with E-state index in [0.717, 1.165) is 5.56 Å². The molecule has 5 atom stereocenters. The lowest BCUT2D eigenvalue weighted by Gasteiger charge is -2.39. The van der Waals surface area contributed by atoms with Crippen LogP contribution in [0.1, 0.15) is 95.0 Å². The third-order valence-electron chi connectivity index (χ3n) is 11.2. The van der Waals surface area contributed by atoms with Crippen LogP contribution < -0.4 is 26.6 Å². The van der Waals surface area contributed by atoms with E-state index >= 15 is 0 Å². The molecule has 0 radical (unpaired) electrons. The highest BCUT2D eigenvalue weighted by molar-refractivity contribution is 5.99. The van der Waals surface area contributed by atoms with Crippen LogP contribution in [-0.2, 0) is 40.1 Å². The van der Waals surface area contributed by atoms with Gasteiger partial charge in [-0.25, -0.2) is 9.59 Å². The van der Waals surface area contributed by atoms with Gasteiger partial charge in [0.1, 0.15) is 41.4 Å². The summed E-state index contributed by atoms with van der Waals surface area (Å²) in [5.41, 5.74) is -0.729. The lowest BCUT2D eigenvalue weighted by atomic mass is 9.75. The van der Waals surface area contributed by atoms with E-state index in [1.54, 1.807) is 34.6 Å². The fourth-order valence-electron chi connectivity index (χ4n) is 7.77. The number of alkyl carbamates (subject to hydrolysis) is 1. The molecule has 5 aromatic rings. The van der Waals surface area contributed by atoms with Crippen molar-refractivity contribution in [3.05, 3.63) is 179 Å². The molecule has 66 heavy (non-hydrogen) atoms. The summed E-state index contributed by atoms with van der Waals surface area (Å²) in [5, 5.41) is 14.0. The predicted octanol–water partition coefficient (Wildman–Crippen LogP) is 7.07. The average molecular weight is 896 g/mol. The monoisotopic (exact) mass is 895 g/mol. The minimum atomic E-state index is -1.75. The van der Waals surface area contributed by atoms with Crippen LogP contribution in [0.2, 0.25) is 0 Å². The molecule has 5 rings (SSSR count). The maximum absolute atomic E-state index is 14.7. The van der Waals surface area contributed by atoms with Crippen LogP contribution in [-0.4, -0.2) is 70.5 Å². The normalized spacial score (nSPS) is 14.5. The lowest BCUT2D eigenvalue weighted by Crippen LogP contribution is -2.65. The summed E-state index contributed by atoms with van der Waals surface area (Å²) >= 11 is 0. The number of ether oxygens (including phenoxy) is 2. The van der Waals surface area contributed by atoms with E-state index in [-0.39, 0.29) is 6.61 Å². The molecule has 0 aliphatic rings. The number of esters is 1. The fourth-order valence-corrected chi connectivity index (χ4v) is 7.77. The minimum Gasteiger partial charge on any atom is -0.458 e. The minimum absolute atomic E-state index is 0.0502. The van der Waals surface area contributed by atoms with Crippen molar-refractivity contribution in [2.24, 2.45) is 0 Å². The van der Waals surface area contributed by atoms with E-state index < -0.39 is 82.3 Å². The van der Waals surface area contributed by atoms with Crippen molar-refractivity contribution in [1.82, 2.24) is 26.6 Å². The van der Waals surface area contributed by atoms with Crippen LogP contribution in [0.4, 0.5) is 4.79 Å². The van der Waals surface area contributed by atoms with Crippen LogP contribution in [0.25, 0.3) is 0 Å². The van der Waals surface area contributed by atoms with Gasteiger partial charge in [-0.05, 0) is 83.2 Å². The molecule has 5 N–H and O–H groups in total. The zero-order valence-corrected chi connectivity index (χ0v) is 38.8. The van der Waals surface area contributed by atoms with Gasteiger partial charge in [0.2, 0.25) is 23.6 Å². The molecular formula is C53H61N5O8. The number of carbonyl (C=O) groups excluding carboxylic acids is 6. The second-order valence-corrected chi connectivity index (χ2v) is 17.7. The summed E-state index contributed by atoms with van der Waals surface area (Å²) in [7, 11) is 0. The Morgan fingerprint density at radius 2 is 0.803 bits per heavy atom. The van der Waals surface area contributed by atoms with Crippen molar-refractivity contribution in [2.75, 3.05) is 0 Å². The Kier molecular flexibility index (Phi) is 16.6. The van der Waals surface area contributed by atoms with Gasteiger partial charge in [0.25, 0.3) is 0 Å². The number of rotatable bonds is 18. The van der Waals surface area contributed by atoms with Gasteiger partial charge < -0.3 is 36.1 Å². The maximum Gasteiger partial charge on any atom is 0.408 e. The molecule has 0 fully saturated rings. The summed E-state index contributed by atoms with van der Waals surface area (Å²) in [5.74, 6) is -5.01. The second-order valence-electron chi connectivity index (χ2n) is 17.7. The van der Waals surface area contributed by atoms with Crippen LogP contribution in [0.15, 0.2) is 152 Å². The molecule has 346 valence electrons. The summed E-state index contributed by atoms with van der Waals surface area (Å²) < 4.78 is 11.1. The first-order valence-electron chi connectivity index (χ1n) is 22.0. The quantitative estimate of drug-likeness (QED) is 0.0580. The molecule has 13 heteroatoms. The SMILES string of the molecule is C[C@@H](NC(=O)[C@@H](C)NC(=O)[C@@](C)(NC(=O)OCc1ccccc1)C(c1ccccc1)c1ccccc1)C(=O)N[C@](C)(C(=O)N[C@H](C)C(=O)OC(C)(C)C)C(c1ccccc1)c1ccccc1. The van der Waals surface area contributed by atoms with Crippen molar-refractivity contribution < 1.29 is 38.2 Å². The molecular weight excluding hydrogens is 835 g/mol. The predicted molar refractivity (Wildman–Crippen MR) is 253 cm³/mol. The van der Waals surface area contributed by atoms with Crippen molar-refractivity contribution >= 4 is 35.7 Å². The Morgan fingerprint density at radius 1 is 0.455 bits per heavy atom. The van der Waals surface area contributed by atoms with E-state index in [0.29, 0.717) is 22.3 Å². The molecule has 13 nitrogen and oxygen atoms in total. The molecule has 0 aliphatic heterocycles. The first-order valence-corrected chi connectivity index (χ1v) is 22.0. The van der Waals surface area contributed by atoms with Crippen LogP contribution in [0, 0.1) is 0 Å². The zero-order valence-electron chi connectivity index (χ0n) is 38.8. The Morgan fingerprint density at radius 3 is 1.20 bits per heavy atom. The number of hydrogen-bond acceptors (Lipinski definition) is 8. The molecule has 0 spiro atoms. The molecule has 0 unspecified atom stereocenters. The molecule has 5 amide bonds. The molecule has 0 saturated heterocycles. The first-order chi connectivity index (χ1) is 31.3. The highest BCUT2D eigenvalue weighted by Gasteiger charge is 2.48. The average Bonchev–Trinajstić information content (AvgIpc) is 3.29. The third kappa shape index (κ3) is 12.9. The molecule has 0 saturated carbocycles. The Hall–Kier alpha value is -7.28. The lowest BCUT2D eigenvalue weighted by molar-refractivity contribution is -0.158. The van der Waals surface area contributed by atoms with Gasteiger partial charge in [-0.15, -0.1) is 0 Å². The van der Waals surface area contributed by atoms with E-state index in [1.807, 2.05) is 152 Å².